The zero-order chi connectivity index (χ0) is 25.7. The summed E-state index contributed by atoms with van der Waals surface area (Å²) in [5.74, 6) is 2.62. The molecule has 2 aromatic carbocycles. The van der Waals surface area contributed by atoms with Gasteiger partial charge in [0.25, 0.3) is 0 Å². The number of methoxy groups -OCH3 is 6. The number of benzene rings is 2. The summed E-state index contributed by atoms with van der Waals surface area (Å²) in [6, 6.07) is 3.53. The lowest BCUT2D eigenvalue weighted by molar-refractivity contribution is -0.114. The van der Waals surface area contributed by atoms with Crippen molar-refractivity contribution < 1.29 is 38.0 Å². The van der Waals surface area contributed by atoms with Crippen molar-refractivity contribution in [1.82, 2.24) is 0 Å². The Morgan fingerprint density at radius 3 is 1.34 bits per heavy atom. The molecule has 0 amide bonds. The number of halogens is 2. The van der Waals surface area contributed by atoms with Crippen molar-refractivity contribution in [2.24, 2.45) is 0 Å². The maximum atomic E-state index is 13.4. The first-order valence-electron chi connectivity index (χ1n) is 10.4. The number of ether oxygens (including phenoxy) is 7. The average Bonchev–Trinajstić information content (AvgIpc) is 2.87. The molecule has 0 unspecified atom stereocenters. The van der Waals surface area contributed by atoms with Crippen LogP contribution in [0.2, 0.25) is 0 Å². The first-order chi connectivity index (χ1) is 16.8. The molecular weight excluding hydrogens is 588 g/mol. The second kappa shape index (κ2) is 11.8. The van der Waals surface area contributed by atoms with Crippen LogP contribution in [-0.2, 0) is 9.53 Å². The summed E-state index contributed by atoms with van der Waals surface area (Å²) < 4.78 is 39.7. The molecule has 1 heterocycles. The highest BCUT2D eigenvalue weighted by atomic mass is 79.9. The molecule has 2 aromatic rings. The van der Waals surface area contributed by atoms with Gasteiger partial charge < -0.3 is 33.2 Å². The van der Waals surface area contributed by atoms with Crippen molar-refractivity contribution in [3.05, 3.63) is 43.4 Å². The number of ketones is 1. The Morgan fingerprint density at radius 1 is 0.657 bits per heavy atom. The number of hydrogen-bond acceptors (Lipinski definition) is 8. The van der Waals surface area contributed by atoms with Crippen molar-refractivity contribution in [1.29, 1.82) is 0 Å². The van der Waals surface area contributed by atoms with Crippen LogP contribution < -0.4 is 28.4 Å². The molecule has 0 atom stereocenters. The van der Waals surface area contributed by atoms with Gasteiger partial charge in [0.15, 0.2) is 28.8 Å². The van der Waals surface area contributed by atoms with E-state index in [1.807, 2.05) is 0 Å². The predicted molar refractivity (Wildman–Crippen MR) is 139 cm³/mol. The van der Waals surface area contributed by atoms with E-state index in [-0.39, 0.29) is 19.0 Å². The van der Waals surface area contributed by atoms with Gasteiger partial charge in [0.1, 0.15) is 0 Å². The minimum atomic E-state index is -0.141. The predicted octanol–water partition coefficient (Wildman–Crippen LogP) is 5.33. The van der Waals surface area contributed by atoms with Gasteiger partial charge in [0, 0.05) is 11.1 Å². The van der Waals surface area contributed by atoms with Crippen LogP contribution in [0.4, 0.5) is 0 Å². The molecule has 1 aliphatic heterocycles. The molecule has 0 radical (unpaired) electrons. The van der Waals surface area contributed by atoms with E-state index in [2.05, 4.69) is 31.9 Å². The van der Waals surface area contributed by atoms with Crippen LogP contribution in [0.15, 0.2) is 32.2 Å². The van der Waals surface area contributed by atoms with Crippen molar-refractivity contribution in [3.63, 3.8) is 0 Å². The van der Waals surface area contributed by atoms with E-state index in [4.69, 9.17) is 33.2 Å². The normalized spacial score (nSPS) is 15.8. The van der Waals surface area contributed by atoms with E-state index in [0.717, 1.165) is 0 Å². The summed E-state index contributed by atoms with van der Waals surface area (Å²) in [5, 5.41) is 0. The van der Waals surface area contributed by atoms with Crippen molar-refractivity contribution in [2.75, 3.05) is 55.9 Å². The summed E-state index contributed by atoms with van der Waals surface area (Å²) in [7, 11) is 9.19. The maximum absolute atomic E-state index is 13.4. The zero-order valence-electron chi connectivity index (χ0n) is 20.2. The smallest absolute Gasteiger partial charge is 0.204 e. The summed E-state index contributed by atoms with van der Waals surface area (Å²) in [6.45, 7) is 0.325. The monoisotopic (exact) mass is 612 g/mol. The Kier molecular flexibility index (Phi) is 9.09. The zero-order valence-corrected chi connectivity index (χ0v) is 23.4. The van der Waals surface area contributed by atoms with Gasteiger partial charge in [0.2, 0.25) is 11.5 Å². The quantitative estimate of drug-likeness (QED) is 0.370. The highest BCUT2D eigenvalue weighted by Gasteiger charge is 2.25. The van der Waals surface area contributed by atoms with Crippen LogP contribution in [0.3, 0.4) is 0 Å². The number of carbonyl (C=O) groups excluding carboxylic acids is 1. The van der Waals surface area contributed by atoms with Gasteiger partial charge in [-0.3, -0.25) is 4.79 Å². The number of rotatable bonds is 8. The lowest BCUT2D eigenvalue weighted by Crippen LogP contribution is -2.22. The van der Waals surface area contributed by atoms with Crippen LogP contribution in [-0.4, -0.2) is 61.7 Å². The molecule has 1 saturated heterocycles. The minimum Gasteiger partial charge on any atom is -0.493 e. The van der Waals surface area contributed by atoms with Gasteiger partial charge >= 0.3 is 0 Å². The minimum absolute atomic E-state index is 0.141. The molecule has 1 aliphatic rings. The van der Waals surface area contributed by atoms with Gasteiger partial charge in [-0.2, -0.15) is 0 Å². The fourth-order valence-corrected chi connectivity index (χ4v) is 4.83. The van der Waals surface area contributed by atoms with Crippen molar-refractivity contribution in [3.8, 4) is 34.5 Å². The van der Waals surface area contributed by atoms with E-state index >= 15 is 0 Å². The topological polar surface area (TPSA) is 81.7 Å². The van der Waals surface area contributed by atoms with E-state index in [1.54, 1.807) is 24.3 Å². The Labute approximate surface area is 221 Å². The van der Waals surface area contributed by atoms with Crippen molar-refractivity contribution in [2.45, 2.75) is 0 Å². The first-order valence-corrected chi connectivity index (χ1v) is 11.9. The Balaban J connectivity index is 2.07. The molecule has 0 spiro atoms. The molecule has 10 heteroatoms. The summed E-state index contributed by atoms with van der Waals surface area (Å²) in [5.41, 5.74) is 2.31. The molecule has 8 nitrogen and oxygen atoms in total. The molecule has 0 N–H and O–H groups in total. The van der Waals surface area contributed by atoms with Crippen LogP contribution in [0.1, 0.15) is 11.1 Å². The van der Waals surface area contributed by atoms with Crippen molar-refractivity contribution >= 4 is 49.8 Å². The van der Waals surface area contributed by atoms with Gasteiger partial charge in [-0.15, -0.1) is 0 Å². The number of Topliss-reactive ketones (excluding diaryl/α,β-unsaturated/α-hetero) is 1. The van der Waals surface area contributed by atoms with E-state index in [9.17, 15) is 4.79 Å². The Bertz CT molecular complexity index is 1100. The highest BCUT2D eigenvalue weighted by molar-refractivity contribution is 9.11. The van der Waals surface area contributed by atoms with Crippen LogP contribution in [0.5, 0.6) is 34.5 Å². The molecule has 0 aromatic heterocycles. The standard InChI is InChI=1S/C25H26Br2O8/c1-29-17-9-13(19(26)24(33-5)22(17)31-3)7-15-11-35-12-16(21(15)28)8-14-10-18(30-2)23(32-4)25(34-6)20(14)27/h7-10H,11-12H2,1-6H3. The molecular formula is C25H26Br2O8. The van der Waals surface area contributed by atoms with E-state index in [0.29, 0.717) is 65.7 Å². The third-order valence-electron chi connectivity index (χ3n) is 5.35. The number of hydrogen-bond donors (Lipinski definition) is 0. The maximum Gasteiger partial charge on any atom is 0.204 e. The van der Waals surface area contributed by atoms with Crippen LogP contribution in [0, 0.1) is 0 Å². The largest absolute Gasteiger partial charge is 0.493 e. The highest BCUT2D eigenvalue weighted by Crippen LogP contribution is 2.47. The lowest BCUT2D eigenvalue weighted by Gasteiger charge is -2.20. The van der Waals surface area contributed by atoms with E-state index in [1.165, 1.54) is 42.7 Å². The molecule has 0 bridgehead atoms. The summed E-state index contributed by atoms with van der Waals surface area (Å²) in [6.07, 6.45) is 3.49. The summed E-state index contributed by atoms with van der Waals surface area (Å²) in [4.78, 5) is 13.4. The van der Waals surface area contributed by atoms with Gasteiger partial charge in [-0.1, -0.05) is 0 Å². The molecule has 0 aliphatic carbocycles. The third-order valence-corrected chi connectivity index (χ3v) is 6.99. The molecule has 188 valence electrons. The second-order valence-corrected chi connectivity index (χ2v) is 8.84. The number of carbonyl (C=O) groups is 1. The molecule has 0 saturated carbocycles. The molecule has 35 heavy (non-hydrogen) atoms. The molecule has 1 fully saturated rings. The Hall–Kier alpha value is -2.69. The second-order valence-electron chi connectivity index (χ2n) is 7.26. The SMILES string of the molecule is COc1cc(C=C2COCC(=Cc3cc(OC)c(OC)c(OC)c3Br)C2=O)c(Br)c(OC)c1OC. The average molecular weight is 614 g/mol. The van der Waals surface area contributed by atoms with Crippen LogP contribution in [0.25, 0.3) is 12.2 Å². The van der Waals surface area contributed by atoms with E-state index < -0.39 is 0 Å². The fourth-order valence-electron chi connectivity index (χ4n) is 3.69. The van der Waals surface area contributed by atoms with Gasteiger partial charge in [-0.25, -0.2) is 0 Å². The molecule has 3 rings (SSSR count). The van der Waals surface area contributed by atoms with Gasteiger partial charge in [0.05, 0.1) is 64.8 Å². The summed E-state index contributed by atoms with van der Waals surface area (Å²) >= 11 is 7.10. The van der Waals surface area contributed by atoms with Crippen LogP contribution >= 0.6 is 31.9 Å². The Morgan fingerprint density at radius 2 is 1.03 bits per heavy atom. The lowest BCUT2D eigenvalue weighted by atomic mass is 9.97. The first kappa shape index (κ1) is 26.9. The third kappa shape index (κ3) is 5.29. The van der Waals surface area contributed by atoms with Gasteiger partial charge in [-0.05, 0) is 67.3 Å². The fraction of sp³-hybridized carbons (Fsp3) is 0.320.